The third-order valence-electron chi connectivity index (χ3n) is 4.33. The Hall–Kier alpha value is -1.66. The fourth-order valence-corrected chi connectivity index (χ4v) is 2.97. The van der Waals surface area contributed by atoms with Gasteiger partial charge in [0.25, 0.3) is 0 Å². The predicted molar refractivity (Wildman–Crippen MR) is 89.1 cm³/mol. The first kappa shape index (κ1) is 16.2. The van der Waals surface area contributed by atoms with E-state index in [1.54, 1.807) is 0 Å². The van der Waals surface area contributed by atoms with Crippen LogP contribution in [-0.2, 0) is 23.4 Å². The summed E-state index contributed by atoms with van der Waals surface area (Å²) in [6, 6.07) is 0.292. The molecule has 126 valence electrons. The monoisotopic (exact) mass is 317 g/mol. The van der Waals surface area contributed by atoms with Gasteiger partial charge in [0.2, 0.25) is 0 Å². The van der Waals surface area contributed by atoms with Crippen molar-refractivity contribution in [2.75, 3.05) is 6.61 Å². The van der Waals surface area contributed by atoms with Crippen molar-refractivity contribution in [2.24, 2.45) is 0 Å². The molecule has 0 saturated carbocycles. The first-order chi connectivity index (χ1) is 11.0. The van der Waals surface area contributed by atoms with Crippen LogP contribution >= 0.6 is 0 Å². The van der Waals surface area contributed by atoms with Crippen molar-refractivity contribution in [1.82, 2.24) is 24.6 Å². The normalized spacial score (nSPS) is 21.9. The van der Waals surface area contributed by atoms with Crippen LogP contribution in [0, 0.1) is 0 Å². The Morgan fingerprint density at radius 1 is 1.39 bits per heavy atom. The van der Waals surface area contributed by atoms with E-state index in [2.05, 4.69) is 53.9 Å². The zero-order chi connectivity index (χ0) is 16.4. The minimum atomic E-state index is 0.0170. The molecule has 0 aromatic carbocycles. The Morgan fingerprint density at radius 3 is 2.91 bits per heavy atom. The Kier molecular flexibility index (Phi) is 4.55. The van der Waals surface area contributed by atoms with E-state index in [1.807, 2.05) is 23.3 Å². The molecule has 1 saturated heterocycles. The minimum Gasteiger partial charge on any atom is -0.369 e. The number of hydrogen-bond donors (Lipinski definition) is 1. The molecule has 2 aromatic rings. The highest BCUT2D eigenvalue weighted by molar-refractivity contribution is 5.07. The third-order valence-corrected chi connectivity index (χ3v) is 4.33. The fraction of sp³-hybridized carbons (Fsp3) is 0.647. The Labute approximate surface area is 137 Å². The highest BCUT2D eigenvalue weighted by Gasteiger charge is 2.32. The first-order valence-electron chi connectivity index (χ1n) is 8.39. The lowest BCUT2D eigenvalue weighted by Crippen LogP contribution is -2.32. The smallest absolute Gasteiger partial charge is 0.139 e. The molecule has 3 heterocycles. The number of nitrogens with zero attached hydrogens (tertiary/aromatic N) is 4. The molecule has 6 nitrogen and oxygen atoms in total. The number of imidazole rings is 1. The van der Waals surface area contributed by atoms with Gasteiger partial charge in [-0.3, -0.25) is 4.68 Å². The van der Waals surface area contributed by atoms with Crippen molar-refractivity contribution < 1.29 is 4.74 Å². The topological polar surface area (TPSA) is 56.9 Å². The van der Waals surface area contributed by atoms with Gasteiger partial charge >= 0.3 is 0 Å². The van der Waals surface area contributed by atoms with Crippen LogP contribution in [0.5, 0.6) is 0 Å². The van der Waals surface area contributed by atoms with Crippen molar-refractivity contribution >= 4 is 0 Å². The standard InChI is InChI=1S/C17H27N5O/c1-5-21-8-7-18-16(21)15-14(6-9-23-15)19-10-13-11-20-22(12-13)17(2,3)4/h7-8,11-12,14-15,19H,5-6,9-10H2,1-4H3/t14-,15-/m0/s1. The van der Waals surface area contributed by atoms with Gasteiger partial charge in [0.05, 0.1) is 11.7 Å². The van der Waals surface area contributed by atoms with Crippen molar-refractivity contribution in [1.29, 1.82) is 0 Å². The van der Waals surface area contributed by atoms with E-state index in [0.717, 1.165) is 31.9 Å². The van der Waals surface area contributed by atoms with Gasteiger partial charge in [-0.05, 0) is 34.1 Å². The molecule has 0 amide bonds. The fourth-order valence-electron chi connectivity index (χ4n) is 2.97. The summed E-state index contributed by atoms with van der Waals surface area (Å²) in [6.07, 6.45) is 8.96. The van der Waals surface area contributed by atoms with Crippen LogP contribution in [0.15, 0.2) is 24.8 Å². The summed E-state index contributed by atoms with van der Waals surface area (Å²) in [5, 5.41) is 8.08. The van der Waals surface area contributed by atoms with E-state index >= 15 is 0 Å². The quantitative estimate of drug-likeness (QED) is 0.920. The van der Waals surface area contributed by atoms with Gasteiger partial charge < -0.3 is 14.6 Å². The molecule has 6 heteroatoms. The maximum absolute atomic E-state index is 5.93. The largest absolute Gasteiger partial charge is 0.369 e. The summed E-state index contributed by atoms with van der Waals surface area (Å²) >= 11 is 0. The highest BCUT2D eigenvalue weighted by atomic mass is 16.5. The Morgan fingerprint density at radius 2 is 2.22 bits per heavy atom. The molecule has 0 radical (unpaired) electrons. The zero-order valence-electron chi connectivity index (χ0n) is 14.5. The van der Waals surface area contributed by atoms with E-state index in [4.69, 9.17) is 4.74 Å². The molecule has 1 aliphatic rings. The summed E-state index contributed by atoms with van der Waals surface area (Å²) in [7, 11) is 0. The van der Waals surface area contributed by atoms with Gasteiger partial charge in [-0.2, -0.15) is 5.10 Å². The number of aryl methyl sites for hydroxylation is 1. The minimum absolute atomic E-state index is 0.0170. The number of rotatable bonds is 5. The van der Waals surface area contributed by atoms with E-state index in [-0.39, 0.29) is 11.6 Å². The molecule has 0 aliphatic carbocycles. The molecular weight excluding hydrogens is 290 g/mol. The van der Waals surface area contributed by atoms with Gasteiger partial charge in [-0.25, -0.2) is 4.98 Å². The molecule has 0 bridgehead atoms. The lowest BCUT2D eigenvalue weighted by Gasteiger charge is -2.20. The Balaban J connectivity index is 1.64. The van der Waals surface area contributed by atoms with Crippen molar-refractivity contribution in [3.63, 3.8) is 0 Å². The van der Waals surface area contributed by atoms with Crippen LogP contribution in [0.4, 0.5) is 0 Å². The molecule has 1 aliphatic heterocycles. The SMILES string of the molecule is CCn1ccnc1[C@H]1OCC[C@@H]1NCc1cnn(C(C)(C)C)c1. The maximum atomic E-state index is 5.93. The second-order valence-electron chi connectivity index (χ2n) is 7.10. The predicted octanol–water partition coefficient (Wildman–Crippen LogP) is 2.47. The van der Waals surface area contributed by atoms with E-state index < -0.39 is 0 Å². The van der Waals surface area contributed by atoms with Crippen molar-refractivity contribution in [2.45, 2.75) is 64.9 Å². The summed E-state index contributed by atoms with van der Waals surface area (Å²) in [4.78, 5) is 4.49. The highest BCUT2D eigenvalue weighted by Crippen LogP contribution is 2.28. The van der Waals surface area contributed by atoms with Crippen LogP contribution in [0.3, 0.4) is 0 Å². The maximum Gasteiger partial charge on any atom is 0.139 e. The molecule has 23 heavy (non-hydrogen) atoms. The molecule has 1 N–H and O–H groups in total. The van der Waals surface area contributed by atoms with Gasteiger partial charge in [-0.1, -0.05) is 0 Å². The molecular formula is C17H27N5O. The average Bonchev–Trinajstić information content (AvgIpc) is 3.23. The second-order valence-corrected chi connectivity index (χ2v) is 7.10. The average molecular weight is 317 g/mol. The number of nitrogens with one attached hydrogen (secondary N) is 1. The van der Waals surface area contributed by atoms with Crippen molar-refractivity contribution in [3.8, 4) is 0 Å². The lowest BCUT2D eigenvalue weighted by molar-refractivity contribution is 0.0886. The van der Waals surface area contributed by atoms with E-state index in [9.17, 15) is 0 Å². The van der Waals surface area contributed by atoms with Crippen LogP contribution < -0.4 is 5.32 Å². The Bertz CT molecular complexity index is 639. The zero-order valence-corrected chi connectivity index (χ0v) is 14.5. The van der Waals surface area contributed by atoms with Crippen LogP contribution in [-0.4, -0.2) is 32.0 Å². The summed E-state index contributed by atoms with van der Waals surface area (Å²) in [6.45, 7) is 11.1. The second kappa shape index (κ2) is 6.45. The van der Waals surface area contributed by atoms with Gasteiger partial charge in [0.1, 0.15) is 11.9 Å². The van der Waals surface area contributed by atoms with E-state index in [1.165, 1.54) is 5.56 Å². The van der Waals surface area contributed by atoms with Crippen LogP contribution in [0.1, 0.15) is 51.6 Å². The number of hydrogen-bond acceptors (Lipinski definition) is 4. The first-order valence-corrected chi connectivity index (χ1v) is 8.39. The molecule has 2 atom stereocenters. The van der Waals surface area contributed by atoms with E-state index in [0.29, 0.717) is 6.04 Å². The van der Waals surface area contributed by atoms with Crippen LogP contribution in [0.25, 0.3) is 0 Å². The number of aromatic nitrogens is 4. The summed E-state index contributed by atoms with van der Waals surface area (Å²) in [5.74, 6) is 1.02. The third kappa shape index (κ3) is 3.48. The van der Waals surface area contributed by atoms with Gasteiger partial charge in [-0.15, -0.1) is 0 Å². The molecule has 1 fully saturated rings. The summed E-state index contributed by atoms with van der Waals surface area (Å²) < 4.78 is 10.1. The van der Waals surface area contributed by atoms with Gasteiger partial charge in [0, 0.05) is 49.9 Å². The molecule has 0 unspecified atom stereocenters. The summed E-state index contributed by atoms with van der Waals surface area (Å²) in [5.41, 5.74) is 1.22. The van der Waals surface area contributed by atoms with Crippen molar-refractivity contribution in [3.05, 3.63) is 36.2 Å². The molecule has 3 rings (SSSR count). The lowest BCUT2D eigenvalue weighted by atomic mass is 10.1. The number of ether oxygens (including phenoxy) is 1. The van der Waals surface area contributed by atoms with Gasteiger partial charge in [0.15, 0.2) is 0 Å². The van der Waals surface area contributed by atoms with Crippen LogP contribution in [0.2, 0.25) is 0 Å². The molecule has 2 aromatic heterocycles. The molecule has 0 spiro atoms.